The third kappa shape index (κ3) is 5.49. The monoisotopic (exact) mass is 384 g/mol. The van der Waals surface area contributed by atoms with Crippen molar-refractivity contribution in [2.75, 3.05) is 20.8 Å². The van der Waals surface area contributed by atoms with Gasteiger partial charge < -0.3 is 19.7 Å². The number of aryl methyl sites for hydroxylation is 2. The van der Waals surface area contributed by atoms with E-state index in [1.165, 1.54) is 4.90 Å². The molecule has 0 aliphatic carbocycles. The largest absolute Gasteiger partial charge is 0.497 e. The van der Waals surface area contributed by atoms with Gasteiger partial charge in [0.1, 0.15) is 17.5 Å². The number of likely N-dealkylation sites (N-methyl/N-ethyl adjacent to an activating group) is 1. The van der Waals surface area contributed by atoms with Crippen LogP contribution in [0.5, 0.6) is 11.5 Å². The van der Waals surface area contributed by atoms with Gasteiger partial charge in [0.15, 0.2) is 6.61 Å². The van der Waals surface area contributed by atoms with E-state index >= 15 is 0 Å². The molecule has 1 unspecified atom stereocenters. The average Bonchev–Trinajstić information content (AvgIpc) is 2.71. The van der Waals surface area contributed by atoms with Crippen LogP contribution in [0.1, 0.15) is 23.6 Å². The lowest BCUT2D eigenvalue weighted by Crippen LogP contribution is -2.48. The minimum Gasteiger partial charge on any atom is -0.497 e. The van der Waals surface area contributed by atoms with Crippen LogP contribution in [0.4, 0.5) is 0 Å². The first-order valence-corrected chi connectivity index (χ1v) is 9.19. The Labute approximate surface area is 166 Å². The van der Waals surface area contributed by atoms with Gasteiger partial charge in [-0.3, -0.25) is 9.59 Å². The van der Waals surface area contributed by atoms with Crippen LogP contribution in [0.25, 0.3) is 0 Å². The van der Waals surface area contributed by atoms with E-state index in [1.807, 2.05) is 56.3 Å². The van der Waals surface area contributed by atoms with Gasteiger partial charge in [0.05, 0.1) is 7.11 Å². The topological polar surface area (TPSA) is 67.9 Å². The fourth-order valence-electron chi connectivity index (χ4n) is 2.84. The Balaban J connectivity index is 2.18. The molecule has 1 N–H and O–H groups in total. The lowest BCUT2D eigenvalue weighted by Gasteiger charge is -2.28. The molecular weight excluding hydrogens is 356 g/mol. The summed E-state index contributed by atoms with van der Waals surface area (Å²) in [4.78, 5) is 26.6. The summed E-state index contributed by atoms with van der Waals surface area (Å²) in [5.74, 6) is 0.870. The molecule has 0 aromatic heterocycles. The molecule has 28 heavy (non-hydrogen) atoms. The quantitative estimate of drug-likeness (QED) is 0.760. The molecule has 1 atom stereocenters. The molecular formula is C22H28N2O4. The van der Waals surface area contributed by atoms with E-state index in [1.54, 1.807) is 21.1 Å². The Hall–Kier alpha value is -3.02. The van der Waals surface area contributed by atoms with Crippen molar-refractivity contribution in [2.45, 2.75) is 33.4 Å². The van der Waals surface area contributed by atoms with Crippen LogP contribution in [0, 0.1) is 13.8 Å². The molecule has 0 aliphatic heterocycles. The summed E-state index contributed by atoms with van der Waals surface area (Å²) in [6, 6.07) is 12.6. The number of nitrogens with zero attached hydrogens (tertiary/aromatic N) is 1. The van der Waals surface area contributed by atoms with Crippen LogP contribution in [0.15, 0.2) is 42.5 Å². The van der Waals surface area contributed by atoms with Gasteiger partial charge >= 0.3 is 0 Å². The molecule has 0 fully saturated rings. The Morgan fingerprint density at radius 3 is 2.57 bits per heavy atom. The molecule has 2 amide bonds. The predicted molar refractivity (Wildman–Crippen MR) is 108 cm³/mol. The van der Waals surface area contributed by atoms with E-state index < -0.39 is 6.04 Å². The van der Waals surface area contributed by atoms with Gasteiger partial charge in [0.25, 0.3) is 5.91 Å². The third-order valence-corrected chi connectivity index (χ3v) is 4.60. The zero-order valence-corrected chi connectivity index (χ0v) is 17.1. The van der Waals surface area contributed by atoms with Crippen molar-refractivity contribution in [3.8, 4) is 11.5 Å². The minimum atomic E-state index is -0.633. The summed E-state index contributed by atoms with van der Waals surface area (Å²) in [7, 11) is 3.15. The number of carbonyl (C=O) groups is 2. The molecule has 0 heterocycles. The van der Waals surface area contributed by atoms with Gasteiger partial charge in [-0.1, -0.05) is 24.3 Å². The van der Waals surface area contributed by atoms with Crippen molar-refractivity contribution >= 4 is 11.8 Å². The third-order valence-electron chi connectivity index (χ3n) is 4.60. The first-order chi connectivity index (χ1) is 13.3. The maximum absolute atomic E-state index is 12.9. The summed E-state index contributed by atoms with van der Waals surface area (Å²) in [6.07, 6.45) is 0. The van der Waals surface area contributed by atoms with E-state index in [0.717, 1.165) is 16.7 Å². The summed E-state index contributed by atoms with van der Waals surface area (Å²) in [5.41, 5.74) is 2.88. The fourth-order valence-corrected chi connectivity index (χ4v) is 2.84. The van der Waals surface area contributed by atoms with E-state index in [2.05, 4.69) is 5.32 Å². The molecule has 0 aliphatic rings. The van der Waals surface area contributed by atoms with Gasteiger partial charge in [-0.15, -0.1) is 0 Å². The highest BCUT2D eigenvalue weighted by atomic mass is 16.5. The molecule has 2 aromatic carbocycles. The molecule has 0 radical (unpaired) electrons. The molecule has 0 spiro atoms. The Morgan fingerprint density at radius 1 is 1.14 bits per heavy atom. The molecule has 0 saturated carbocycles. The van der Waals surface area contributed by atoms with Crippen LogP contribution >= 0.6 is 0 Å². The number of hydrogen-bond acceptors (Lipinski definition) is 4. The number of benzene rings is 2. The second-order valence-electron chi connectivity index (χ2n) is 6.72. The molecule has 6 nitrogen and oxygen atoms in total. The van der Waals surface area contributed by atoms with Gasteiger partial charge in [-0.05, 0) is 55.7 Å². The lowest BCUT2D eigenvalue weighted by atomic mass is 10.1. The molecule has 150 valence electrons. The Morgan fingerprint density at radius 2 is 1.89 bits per heavy atom. The highest BCUT2D eigenvalue weighted by molar-refractivity contribution is 5.87. The van der Waals surface area contributed by atoms with Crippen LogP contribution in [0.3, 0.4) is 0 Å². The zero-order chi connectivity index (χ0) is 20.7. The first-order valence-electron chi connectivity index (χ1n) is 9.19. The second kappa shape index (κ2) is 9.78. The van der Waals surface area contributed by atoms with Crippen molar-refractivity contribution in [3.63, 3.8) is 0 Å². The van der Waals surface area contributed by atoms with Crippen LogP contribution in [-0.2, 0) is 16.1 Å². The Bertz CT molecular complexity index is 835. The van der Waals surface area contributed by atoms with E-state index in [9.17, 15) is 9.59 Å². The average molecular weight is 384 g/mol. The van der Waals surface area contributed by atoms with Crippen molar-refractivity contribution in [3.05, 3.63) is 59.2 Å². The summed E-state index contributed by atoms with van der Waals surface area (Å²) >= 11 is 0. The summed E-state index contributed by atoms with van der Waals surface area (Å²) in [6.45, 7) is 5.74. The number of rotatable bonds is 8. The van der Waals surface area contributed by atoms with Crippen molar-refractivity contribution in [2.24, 2.45) is 0 Å². The smallest absolute Gasteiger partial charge is 0.261 e. The molecule has 2 aromatic rings. The van der Waals surface area contributed by atoms with Crippen LogP contribution in [0.2, 0.25) is 0 Å². The maximum atomic E-state index is 12.9. The van der Waals surface area contributed by atoms with Crippen LogP contribution < -0.4 is 14.8 Å². The predicted octanol–water partition coefficient (Wildman–Crippen LogP) is 2.85. The number of hydrogen-bond donors (Lipinski definition) is 1. The summed E-state index contributed by atoms with van der Waals surface area (Å²) < 4.78 is 11.0. The van der Waals surface area contributed by atoms with Crippen molar-refractivity contribution < 1.29 is 19.1 Å². The van der Waals surface area contributed by atoms with Gasteiger partial charge in [-0.2, -0.15) is 0 Å². The standard InChI is InChI=1S/C22H28N2O4/c1-15-9-10-16(2)20(11-15)28-14-21(25)24(17(3)22(26)23-4)13-18-7-6-8-19(12-18)27-5/h6-12,17H,13-14H2,1-5H3,(H,23,26). The number of methoxy groups -OCH3 is 1. The lowest BCUT2D eigenvalue weighted by molar-refractivity contribution is -0.142. The van der Waals surface area contributed by atoms with Gasteiger partial charge in [0.2, 0.25) is 5.91 Å². The van der Waals surface area contributed by atoms with Gasteiger partial charge in [0, 0.05) is 13.6 Å². The second-order valence-corrected chi connectivity index (χ2v) is 6.72. The number of ether oxygens (including phenoxy) is 2. The summed E-state index contributed by atoms with van der Waals surface area (Å²) in [5, 5.41) is 2.60. The molecule has 6 heteroatoms. The van der Waals surface area contributed by atoms with Crippen molar-refractivity contribution in [1.29, 1.82) is 0 Å². The fraction of sp³-hybridized carbons (Fsp3) is 0.364. The zero-order valence-electron chi connectivity index (χ0n) is 17.1. The molecule has 0 bridgehead atoms. The van der Waals surface area contributed by atoms with E-state index in [0.29, 0.717) is 11.5 Å². The molecule has 2 rings (SSSR count). The first kappa shape index (κ1) is 21.3. The van der Waals surface area contributed by atoms with Gasteiger partial charge in [-0.25, -0.2) is 0 Å². The minimum absolute atomic E-state index is 0.143. The SMILES string of the molecule is CNC(=O)C(C)N(Cc1cccc(OC)c1)C(=O)COc1cc(C)ccc1C. The number of nitrogens with one attached hydrogen (secondary N) is 1. The maximum Gasteiger partial charge on any atom is 0.261 e. The Kier molecular flexibility index (Phi) is 7.44. The number of amides is 2. The van der Waals surface area contributed by atoms with E-state index in [-0.39, 0.29) is 25.0 Å². The normalized spacial score (nSPS) is 11.5. The van der Waals surface area contributed by atoms with Crippen LogP contribution in [-0.4, -0.2) is 43.5 Å². The highest BCUT2D eigenvalue weighted by Crippen LogP contribution is 2.20. The van der Waals surface area contributed by atoms with E-state index in [4.69, 9.17) is 9.47 Å². The molecule has 0 saturated heterocycles. The number of carbonyl (C=O) groups excluding carboxylic acids is 2. The highest BCUT2D eigenvalue weighted by Gasteiger charge is 2.26. The van der Waals surface area contributed by atoms with Crippen molar-refractivity contribution in [1.82, 2.24) is 10.2 Å².